The number of carbonyl (C=O) groups excluding carboxylic acids is 1. The van der Waals surface area contributed by atoms with Crippen molar-refractivity contribution in [2.75, 3.05) is 6.61 Å². The van der Waals surface area contributed by atoms with Gasteiger partial charge in [0.1, 0.15) is 5.58 Å². The van der Waals surface area contributed by atoms with Crippen molar-refractivity contribution in [2.24, 2.45) is 0 Å². The molecule has 3 nitrogen and oxygen atoms in total. The first kappa shape index (κ1) is 10.6. The van der Waals surface area contributed by atoms with E-state index >= 15 is 0 Å². The molecule has 0 saturated carbocycles. The summed E-state index contributed by atoms with van der Waals surface area (Å²) in [5.74, 6) is 0.519. The van der Waals surface area contributed by atoms with Crippen LogP contribution >= 0.6 is 15.9 Å². The zero-order chi connectivity index (χ0) is 11.8. The fourth-order valence-corrected chi connectivity index (χ4v) is 2.30. The maximum absolute atomic E-state index is 12.0. The van der Waals surface area contributed by atoms with Crippen LogP contribution in [0.15, 0.2) is 45.0 Å². The molecule has 0 spiro atoms. The van der Waals surface area contributed by atoms with Crippen LogP contribution in [-0.4, -0.2) is 12.4 Å². The molecule has 3 rings (SSSR count). The highest BCUT2D eigenvalue weighted by molar-refractivity contribution is 9.10. The molecule has 0 radical (unpaired) electrons. The SMILES string of the molecule is O=C(C1=CCCO1)c1cc2cccc(Br)c2o1. The summed E-state index contributed by atoms with van der Waals surface area (Å²) in [5, 5.41) is 0.904. The molecule has 2 heterocycles. The Morgan fingerprint density at radius 3 is 2.94 bits per heavy atom. The van der Waals surface area contributed by atoms with Gasteiger partial charge in [-0.3, -0.25) is 4.79 Å². The van der Waals surface area contributed by atoms with Gasteiger partial charge in [-0.05, 0) is 34.1 Å². The second-order valence-electron chi connectivity index (χ2n) is 3.80. The van der Waals surface area contributed by atoms with Crippen LogP contribution in [0.1, 0.15) is 17.0 Å². The summed E-state index contributed by atoms with van der Waals surface area (Å²) >= 11 is 3.39. The van der Waals surface area contributed by atoms with Crippen molar-refractivity contribution in [2.45, 2.75) is 6.42 Å². The van der Waals surface area contributed by atoms with Crippen LogP contribution < -0.4 is 0 Å². The summed E-state index contributed by atoms with van der Waals surface area (Å²) in [6.07, 6.45) is 2.58. The minimum Gasteiger partial charge on any atom is -0.489 e. The number of halogens is 1. The van der Waals surface area contributed by atoms with Crippen molar-refractivity contribution >= 4 is 32.7 Å². The molecule has 0 N–H and O–H groups in total. The van der Waals surface area contributed by atoms with E-state index in [-0.39, 0.29) is 5.78 Å². The molecule has 86 valence electrons. The number of ketones is 1. The zero-order valence-electron chi connectivity index (χ0n) is 8.90. The molecule has 0 bridgehead atoms. The maximum atomic E-state index is 12.0. The molecule has 2 aromatic rings. The van der Waals surface area contributed by atoms with Crippen LogP contribution in [0.25, 0.3) is 11.0 Å². The summed E-state index contributed by atoms with van der Waals surface area (Å²) in [7, 11) is 0. The largest absolute Gasteiger partial charge is 0.489 e. The normalized spacial score (nSPS) is 14.8. The predicted octanol–water partition coefficient (Wildman–Crippen LogP) is 3.68. The fourth-order valence-electron chi connectivity index (χ4n) is 1.84. The molecule has 0 saturated heterocycles. The summed E-state index contributed by atoms with van der Waals surface area (Å²) in [6.45, 7) is 0.574. The second-order valence-corrected chi connectivity index (χ2v) is 4.66. The maximum Gasteiger partial charge on any atom is 0.262 e. The highest BCUT2D eigenvalue weighted by atomic mass is 79.9. The number of hydrogen-bond acceptors (Lipinski definition) is 3. The number of furan rings is 1. The molecule has 0 unspecified atom stereocenters. The van der Waals surface area contributed by atoms with E-state index in [1.54, 1.807) is 12.1 Å². The third-order valence-corrected chi connectivity index (χ3v) is 3.27. The van der Waals surface area contributed by atoms with E-state index in [0.29, 0.717) is 23.7 Å². The molecule has 1 aromatic carbocycles. The standard InChI is InChI=1S/C13H9BrO3/c14-9-4-1-3-8-7-11(17-13(8)9)12(15)10-5-2-6-16-10/h1,3-5,7H,2,6H2. The smallest absolute Gasteiger partial charge is 0.262 e. The number of ether oxygens (including phenoxy) is 1. The summed E-state index contributed by atoms with van der Waals surface area (Å²) < 4.78 is 11.6. The third kappa shape index (κ3) is 1.78. The van der Waals surface area contributed by atoms with Gasteiger partial charge in [0.05, 0.1) is 11.1 Å². The van der Waals surface area contributed by atoms with Crippen molar-refractivity contribution in [1.82, 2.24) is 0 Å². The fraction of sp³-hybridized carbons (Fsp3) is 0.154. The van der Waals surface area contributed by atoms with E-state index in [2.05, 4.69) is 15.9 Å². The monoisotopic (exact) mass is 292 g/mol. The van der Waals surface area contributed by atoms with E-state index in [1.807, 2.05) is 18.2 Å². The van der Waals surface area contributed by atoms with E-state index < -0.39 is 0 Å². The number of benzene rings is 1. The van der Waals surface area contributed by atoms with E-state index in [9.17, 15) is 4.79 Å². The van der Waals surface area contributed by atoms with E-state index in [0.717, 1.165) is 16.3 Å². The average molecular weight is 293 g/mol. The molecule has 4 heteroatoms. The first-order chi connectivity index (χ1) is 8.25. The molecule has 1 aliphatic rings. The van der Waals surface area contributed by atoms with Gasteiger partial charge in [-0.1, -0.05) is 12.1 Å². The van der Waals surface area contributed by atoms with Gasteiger partial charge in [-0.25, -0.2) is 0 Å². The average Bonchev–Trinajstić information content (AvgIpc) is 2.98. The van der Waals surface area contributed by atoms with Gasteiger partial charge in [-0.15, -0.1) is 0 Å². The summed E-state index contributed by atoms with van der Waals surface area (Å²) in [6, 6.07) is 7.43. The summed E-state index contributed by atoms with van der Waals surface area (Å²) in [4.78, 5) is 12.0. The van der Waals surface area contributed by atoms with Crippen LogP contribution in [-0.2, 0) is 4.74 Å². The van der Waals surface area contributed by atoms with E-state index in [4.69, 9.17) is 9.15 Å². The Labute approximate surface area is 106 Å². The van der Waals surface area contributed by atoms with Crippen LogP contribution in [0.2, 0.25) is 0 Å². The molecular formula is C13H9BrO3. The number of fused-ring (bicyclic) bond motifs is 1. The van der Waals surface area contributed by atoms with Crippen LogP contribution in [0, 0.1) is 0 Å². The Morgan fingerprint density at radius 2 is 2.24 bits per heavy atom. The van der Waals surface area contributed by atoms with Gasteiger partial charge in [-0.2, -0.15) is 0 Å². The van der Waals surface area contributed by atoms with Crippen molar-refractivity contribution < 1.29 is 13.9 Å². The quantitative estimate of drug-likeness (QED) is 0.793. The van der Waals surface area contributed by atoms with Crippen molar-refractivity contribution in [3.63, 3.8) is 0 Å². The molecule has 0 fully saturated rings. The van der Waals surface area contributed by atoms with Gasteiger partial charge >= 0.3 is 0 Å². The van der Waals surface area contributed by atoms with Crippen molar-refractivity contribution in [3.05, 3.63) is 46.3 Å². The van der Waals surface area contributed by atoms with Gasteiger partial charge in [0, 0.05) is 11.8 Å². The minimum atomic E-state index is -0.189. The third-order valence-electron chi connectivity index (χ3n) is 2.65. The Balaban J connectivity index is 2.06. The Bertz CT molecular complexity index is 625. The second kappa shape index (κ2) is 4.04. The Kier molecular flexibility index (Phi) is 2.52. The van der Waals surface area contributed by atoms with Crippen LogP contribution in [0.4, 0.5) is 0 Å². The Morgan fingerprint density at radius 1 is 1.35 bits per heavy atom. The molecule has 1 aliphatic heterocycles. The molecule has 1 aromatic heterocycles. The lowest BCUT2D eigenvalue weighted by atomic mass is 10.2. The first-order valence-electron chi connectivity index (χ1n) is 5.31. The molecule has 0 aliphatic carbocycles. The van der Waals surface area contributed by atoms with Gasteiger partial charge in [0.25, 0.3) is 5.78 Å². The minimum absolute atomic E-state index is 0.189. The number of Topliss-reactive ketones (excluding diaryl/α,β-unsaturated/α-hetero) is 1. The van der Waals surface area contributed by atoms with Gasteiger partial charge < -0.3 is 9.15 Å². The predicted molar refractivity (Wildman–Crippen MR) is 66.9 cm³/mol. The lowest BCUT2D eigenvalue weighted by Gasteiger charge is -1.98. The van der Waals surface area contributed by atoms with E-state index in [1.165, 1.54) is 0 Å². The highest BCUT2D eigenvalue weighted by Crippen LogP contribution is 2.28. The molecule has 0 atom stereocenters. The highest BCUT2D eigenvalue weighted by Gasteiger charge is 2.21. The summed E-state index contributed by atoms with van der Waals surface area (Å²) in [5.41, 5.74) is 0.689. The van der Waals surface area contributed by atoms with Gasteiger partial charge in [0.2, 0.25) is 0 Å². The first-order valence-corrected chi connectivity index (χ1v) is 6.11. The molecule has 17 heavy (non-hydrogen) atoms. The molecule has 0 amide bonds. The lowest BCUT2D eigenvalue weighted by Crippen LogP contribution is -2.02. The number of para-hydroxylation sites is 1. The molecular weight excluding hydrogens is 284 g/mol. The van der Waals surface area contributed by atoms with Crippen molar-refractivity contribution in [3.8, 4) is 0 Å². The van der Waals surface area contributed by atoms with Crippen LogP contribution in [0.5, 0.6) is 0 Å². The zero-order valence-corrected chi connectivity index (χ0v) is 10.5. The Hall–Kier alpha value is -1.55. The topological polar surface area (TPSA) is 39.4 Å². The number of allylic oxidation sites excluding steroid dienone is 1. The van der Waals surface area contributed by atoms with Gasteiger partial charge in [0.15, 0.2) is 11.5 Å². The van der Waals surface area contributed by atoms with Crippen LogP contribution in [0.3, 0.4) is 0 Å². The van der Waals surface area contributed by atoms with Crippen molar-refractivity contribution in [1.29, 1.82) is 0 Å². The number of rotatable bonds is 2. The number of hydrogen-bond donors (Lipinski definition) is 0. The number of carbonyl (C=O) groups is 1. The lowest BCUT2D eigenvalue weighted by molar-refractivity contribution is 0.0918.